The fourth-order valence-electron chi connectivity index (χ4n) is 1.79. The van der Waals surface area contributed by atoms with Gasteiger partial charge in [-0.1, -0.05) is 18.2 Å². The number of fused-ring (bicyclic) bond motifs is 1. The Bertz CT molecular complexity index is 516. The Morgan fingerprint density at radius 1 is 1.38 bits per heavy atom. The number of aryl methyl sites for hydroxylation is 1. The van der Waals surface area contributed by atoms with Crippen LogP contribution in [-0.2, 0) is 6.54 Å². The highest BCUT2D eigenvalue weighted by atomic mass is 16.2. The van der Waals surface area contributed by atoms with Gasteiger partial charge in [-0.3, -0.25) is 0 Å². The molecule has 0 aliphatic heterocycles. The molecule has 4 heteroatoms. The van der Waals surface area contributed by atoms with Gasteiger partial charge in [0.25, 0.3) is 0 Å². The minimum absolute atomic E-state index is 0.195. The first kappa shape index (κ1) is 10.5. The smallest absolute Gasteiger partial charge is 0.319 e. The van der Waals surface area contributed by atoms with E-state index in [1.165, 1.54) is 0 Å². The highest BCUT2D eigenvalue weighted by molar-refractivity contribution is 6.01. The van der Waals surface area contributed by atoms with Crippen molar-refractivity contribution in [1.29, 1.82) is 0 Å². The van der Waals surface area contributed by atoms with Crippen LogP contribution in [0.15, 0.2) is 30.5 Å². The Morgan fingerprint density at radius 3 is 2.81 bits per heavy atom. The van der Waals surface area contributed by atoms with Crippen LogP contribution in [0.2, 0.25) is 0 Å². The number of benzene rings is 1. The predicted molar refractivity (Wildman–Crippen MR) is 65.7 cm³/mol. The summed E-state index contributed by atoms with van der Waals surface area (Å²) in [6.07, 6.45) is 1.96. The van der Waals surface area contributed by atoms with Gasteiger partial charge in [-0.25, -0.2) is 4.79 Å². The number of hydrogen-bond acceptors (Lipinski definition) is 1. The number of anilines is 1. The van der Waals surface area contributed by atoms with E-state index in [1.807, 2.05) is 30.5 Å². The number of urea groups is 1. The van der Waals surface area contributed by atoms with Gasteiger partial charge in [0, 0.05) is 25.2 Å². The van der Waals surface area contributed by atoms with Crippen LogP contribution in [0, 0.1) is 0 Å². The number of carbonyl (C=O) groups excluding carboxylic acids is 1. The summed E-state index contributed by atoms with van der Waals surface area (Å²) in [4.78, 5) is 11.3. The van der Waals surface area contributed by atoms with Crippen molar-refractivity contribution in [2.45, 2.75) is 13.5 Å². The first-order valence-corrected chi connectivity index (χ1v) is 5.33. The second-order valence-electron chi connectivity index (χ2n) is 3.55. The van der Waals surface area contributed by atoms with Gasteiger partial charge in [-0.2, -0.15) is 0 Å². The maximum absolute atomic E-state index is 11.3. The van der Waals surface area contributed by atoms with Gasteiger partial charge in [0.1, 0.15) is 0 Å². The Balaban J connectivity index is 2.49. The fraction of sp³-hybridized carbons (Fsp3) is 0.250. The Morgan fingerprint density at radius 2 is 2.12 bits per heavy atom. The molecule has 2 rings (SSSR count). The number of carbonyl (C=O) groups is 1. The van der Waals surface area contributed by atoms with E-state index in [-0.39, 0.29) is 6.03 Å². The van der Waals surface area contributed by atoms with Crippen molar-refractivity contribution in [2.75, 3.05) is 12.4 Å². The fourth-order valence-corrected chi connectivity index (χ4v) is 1.79. The molecule has 2 N–H and O–H groups in total. The molecule has 1 heterocycles. The third-order valence-electron chi connectivity index (χ3n) is 2.60. The van der Waals surface area contributed by atoms with E-state index in [1.54, 1.807) is 7.05 Å². The summed E-state index contributed by atoms with van der Waals surface area (Å²) in [5.74, 6) is 0. The molecule has 1 aromatic carbocycles. The molecule has 0 aliphatic rings. The molecule has 1 aromatic heterocycles. The summed E-state index contributed by atoms with van der Waals surface area (Å²) in [5.41, 5.74) is 1.98. The molecule has 16 heavy (non-hydrogen) atoms. The third-order valence-corrected chi connectivity index (χ3v) is 2.60. The maximum atomic E-state index is 11.3. The van der Waals surface area contributed by atoms with Gasteiger partial charge in [-0.15, -0.1) is 0 Å². The summed E-state index contributed by atoms with van der Waals surface area (Å²) in [6.45, 7) is 2.96. The van der Waals surface area contributed by atoms with Gasteiger partial charge in [0.05, 0.1) is 11.2 Å². The minimum atomic E-state index is -0.195. The second kappa shape index (κ2) is 4.26. The largest absolute Gasteiger partial charge is 0.346 e. The molecular weight excluding hydrogens is 202 g/mol. The quantitative estimate of drug-likeness (QED) is 0.797. The molecule has 0 spiro atoms. The lowest BCUT2D eigenvalue weighted by Crippen LogP contribution is -2.24. The monoisotopic (exact) mass is 217 g/mol. The van der Waals surface area contributed by atoms with Crippen LogP contribution in [0.5, 0.6) is 0 Å². The average molecular weight is 217 g/mol. The first-order chi connectivity index (χ1) is 7.76. The van der Waals surface area contributed by atoms with Gasteiger partial charge in [0.2, 0.25) is 0 Å². The van der Waals surface area contributed by atoms with Crippen molar-refractivity contribution in [2.24, 2.45) is 0 Å². The molecule has 2 aromatic rings. The highest BCUT2D eigenvalue weighted by Crippen LogP contribution is 2.25. The summed E-state index contributed by atoms with van der Waals surface area (Å²) >= 11 is 0. The van der Waals surface area contributed by atoms with Crippen LogP contribution in [0.25, 0.3) is 10.9 Å². The van der Waals surface area contributed by atoms with Crippen LogP contribution < -0.4 is 10.6 Å². The van der Waals surface area contributed by atoms with E-state index in [2.05, 4.69) is 22.1 Å². The van der Waals surface area contributed by atoms with Crippen molar-refractivity contribution < 1.29 is 4.79 Å². The van der Waals surface area contributed by atoms with Gasteiger partial charge < -0.3 is 15.2 Å². The summed E-state index contributed by atoms with van der Waals surface area (Å²) < 4.78 is 2.11. The van der Waals surface area contributed by atoms with Crippen LogP contribution in [0.1, 0.15) is 6.92 Å². The van der Waals surface area contributed by atoms with Crippen molar-refractivity contribution in [3.05, 3.63) is 30.5 Å². The molecule has 0 saturated carbocycles. The van der Waals surface area contributed by atoms with E-state index in [0.717, 1.165) is 23.1 Å². The lowest BCUT2D eigenvalue weighted by Gasteiger charge is -2.01. The molecule has 0 bridgehead atoms. The normalized spacial score (nSPS) is 10.4. The first-order valence-electron chi connectivity index (χ1n) is 5.33. The molecule has 0 radical (unpaired) electrons. The molecule has 0 fully saturated rings. The summed E-state index contributed by atoms with van der Waals surface area (Å²) in [7, 11) is 1.61. The lowest BCUT2D eigenvalue weighted by molar-refractivity contribution is 0.254. The minimum Gasteiger partial charge on any atom is -0.346 e. The molecule has 4 nitrogen and oxygen atoms in total. The van der Waals surface area contributed by atoms with Gasteiger partial charge in [0.15, 0.2) is 0 Å². The molecule has 0 unspecified atom stereocenters. The molecule has 0 aliphatic carbocycles. The van der Waals surface area contributed by atoms with E-state index >= 15 is 0 Å². The maximum Gasteiger partial charge on any atom is 0.319 e. The summed E-state index contributed by atoms with van der Waals surface area (Å²) in [6, 6.07) is 7.83. The number of aromatic nitrogens is 1. The summed E-state index contributed by atoms with van der Waals surface area (Å²) in [5, 5.41) is 6.43. The zero-order chi connectivity index (χ0) is 11.5. The number of hydrogen-bond donors (Lipinski definition) is 2. The van der Waals surface area contributed by atoms with Crippen molar-refractivity contribution in [3.63, 3.8) is 0 Å². The number of rotatable bonds is 2. The van der Waals surface area contributed by atoms with E-state index in [0.29, 0.717) is 0 Å². The molecule has 0 saturated heterocycles. The van der Waals surface area contributed by atoms with E-state index in [9.17, 15) is 4.79 Å². The highest BCUT2D eigenvalue weighted by Gasteiger charge is 2.08. The zero-order valence-electron chi connectivity index (χ0n) is 9.45. The Hall–Kier alpha value is -1.97. The third kappa shape index (κ3) is 1.74. The topological polar surface area (TPSA) is 46.1 Å². The zero-order valence-corrected chi connectivity index (χ0v) is 9.45. The van der Waals surface area contributed by atoms with Crippen LogP contribution >= 0.6 is 0 Å². The van der Waals surface area contributed by atoms with Crippen molar-refractivity contribution in [1.82, 2.24) is 9.88 Å². The molecule has 2 amide bonds. The Labute approximate surface area is 94.3 Å². The second-order valence-corrected chi connectivity index (χ2v) is 3.55. The SMILES string of the molecule is CCn1cc(NC(=O)NC)c2ccccc21. The van der Waals surface area contributed by atoms with Crippen LogP contribution in [-0.4, -0.2) is 17.6 Å². The van der Waals surface area contributed by atoms with Gasteiger partial charge in [-0.05, 0) is 13.0 Å². The standard InChI is InChI=1S/C12H15N3O/c1-3-15-8-10(14-12(16)13-2)9-6-4-5-7-11(9)15/h4-8H,3H2,1-2H3,(H2,13,14,16). The van der Waals surface area contributed by atoms with E-state index < -0.39 is 0 Å². The number of nitrogens with zero attached hydrogens (tertiary/aromatic N) is 1. The van der Waals surface area contributed by atoms with Crippen LogP contribution in [0.3, 0.4) is 0 Å². The molecule has 0 atom stereocenters. The van der Waals surface area contributed by atoms with Crippen molar-refractivity contribution >= 4 is 22.6 Å². The van der Waals surface area contributed by atoms with Crippen molar-refractivity contribution in [3.8, 4) is 0 Å². The molecular formula is C12H15N3O. The molecule has 84 valence electrons. The number of amides is 2. The average Bonchev–Trinajstić information content (AvgIpc) is 2.68. The predicted octanol–water partition coefficient (Wildman–Crippen LogP) is 2.41. The lowest BCUT2D eigenvalue weighted by atomic mass is 10.2. The van der Waals surface area contributed by atoms with E-state index in [4.69, 9.17) is 0 Å². The Kier molecular flexibility index (Phi) is 2.81. The van der Waals surface area contributed by atoms with Crippen LogP contribution in [0.4, 0.5) is 10.5 Å². The van der Waals surface area contributed by atoms with Gasteiger partial charge >= 0.3 is 6.03 Å². The number of nitrogens with one attached hydrogen (secondary N) is 2. The number of para-hydroxylation sites is 1.